The highest BCUT2D eigenvalue weighted by molar-refractivity contribution is 5.76. The summed E-state index contributed by atoms with van der Waals surface area (Å²) < 4.78 is 15.4. The van der Waals surface area contributed by atoms with Gasteiger partial charge in [-0.3, -0.25) is 0 Å². The molecule has 0 fully saturated rings. The van der Waals surface area contributed by atoms with Crippen molar-refractivity contribution in [2.75, 3.05) is 0 Å². The maximum absolute atomic E-state index is 13.4. The van der Waals surface area contributed by atoms with Crippen molar-refractivity contribution in [1.82, 2.24) is 20.2 Å². The van der Waals surface area contributed by atoms with Crippen molar-refractivity contribution in [3.05, 3.63) is 102 Å². The van der Waals surface area contributed by atoms with Crippen molar-refractivity contribution in [3.8, 4) is 0 Å². The van der Waals surface area contributed by atoms with Crippen molar-refractivity contribution < 1.29 is 9.18 Å². The van der Waals surface area contributed by atoms with Crippen LogP contribution in [0, 0.1) is 12.7 Å². The van der Waals surface area contributed by atoms with Gasteiger partial charge in [-0.15, -0.1) is 0 Å². The molecule has 1 atom stereocenters. The maximum atomic E-state index is 13.4. The van der Waals surface area contributed by atoms with Crippen LogP contribution in [0.1, 0.15) is 22.7 Å². The molecule has 0 saturated heterocycles. The largest absolute Gasteiger partial charge is 0.334 e. The van der Waals surface area contributed by atoms with Gasteiger partial charge in [0.05, 0.1) is 23.4 Å². The summed E-state index contributed by atoms with van der Waals surface area (Å²) in [7, 11) is 0. The lowest BCUT2D eigenvalue weighted by atomic mass is 10.1. The van der Waals surface area contributed by atoms with E-state index in [1.54, 1.807) is 18.5 Å². The molecule has 4 aromatic rings. The summed E-state index contributed by atoms with van der Waals surface area (Å²) in [4.78, 5) is 17.0. The third-order valence-electron chi connectivity index (χ3n) is 5.06. The third-order valence-corrected chi connectivity index (χ3v) is 5.06. The maximum Gasteiger partial charge on any atom is 0.315 e. The number of urea groups is 1. The van der Waals surface area contributed by atoms with Gasteiger partial charge in [0.15, 0.2) is 0 Å². The lowest BCUT2D eigenvalue weighted by molar-refractivity contribution is 0.235. The van der Waals surface area contributed by atoms with E-state index >= 15 is 0 Å². The number of aryl methyl sites for hydroxylation is 1. The summed E-state index contributed by atoms with van der Waals surface area (Å²) in [5.41, 5.74) is 4.88. The fourth-order valence-electron chi connectivity index (χ4n) is 3.38. The van der Waals surface area contributed by atoms with E-state index in [4.69, 9.17) is 0 Å². The molecule has 0 aliphatic heterocycles. The molecular formula is C24H23FN4O. The van der Waals surface area contributed by atoms with Crippen molar-refractivity contribution in [3.63, 3.8) is 0 Å². The minimum atomic E-state index is -0.346. The molecule has 1 heterocycles. The van der Waals surface area contributed by atoms with E-state index in [-0.39, 0.29) is 17.9 Å². The Bertz CT molecular complexity index is 1140. The van der Waals surface area contributed by atoms with Crippen LogP contribution in [-0.4, -0.2) is 15.6 Å². The van der Waals surface area contributed by atoms with Gasteiger partial charge in [0.25, 0.3) is 0 Å². The van der Waals surface area contributed by atoms with Crippen LogP contribution in [0.5, 0.6) is 0 Å². The predicted molar refractivity (Wildman–Crippen MR) is 115 cm³/mol. The van der Waals surface area contributed by atoms with Gasteiger partial charge in [-0.25, -0.2) is 14.2 Å². The Labute approximate surface area is 174 Å². The molecule has 5 nitrogen and oxygen atoms in total. The zero-order valence-corrected chi connectivity index (χ0v) is 16.7. The first-order valence-corrected chi connectivity index (χ1v) is 9.84. The fourth-order valence-corrected chi connectivity index (χ4v) is 3.38. The summed E-state index contributed by atoms with van der Waals surface area (Å²) in [5, 5.41) is 5.91. The van der Waals surface area contributed by atoms with Crippen LogP contribution in [0.4, 0.5) is 9.18 Å². The lowest BCUT2D eigenvalue weighted by Crippen LogP contribution is -2.39. The van der Waals surface area contributed by atoms with Crippen molar-refractivity contribution in [1.29, 1.82) is 0 Å². The van der Waals surface area contributed by atoms with E-state index in [2.05, 4.69) is 15.6 Å². The van der Waals surface area contributed by atoms with E-state index in [1.165, 1.54) is 17.7 Å². The normalized spacial score (nSPS) is 11.9. The number of carbonyl (C=O) groups is 1. The van der Waals surface area contributed by atoms with Gasteiger partial charge in [-0.1, -0.05) is 54.1 Å². The molecule has 0 aliphatic rings. The third kappa shape index (κ3) is 4.66. The standard InChI is InChI=1S/C24H23FN4O/c1-17-6-8-18(9-7-17)14-26-24(30)28-22(19-10-12-20(25)13-11-19)15-29-16-27-21-4-2-3-5-23(21)29/h2-13,16,22H,14-15H2,1H3,(H2,26,28,30). The molecule has 2 amide bonds. The molecule has 1 aromatic heterocycles. The van der Waals surface area contributed by atoms with Crippen LogP contribution in [0.15, 0.2) is 79.1 Å². The van der Waals surface area contributed by atoms with Crippen LogP contribution >= 0.6 is 0 Å². The summed E-state index contributed by atoms with van der Waals surface area (Å²) in [6, 6.07) is 21.4. The first-order valence-electron chi connectivity index (χ1n) is 9.84. The number of imidazole rings is 1. The number of nitrogens with one attached hydrogen (secondary N) is 2. The lowest BCUT2D eigenvalue weighted by Gasteiger charge is -2.21. The highest BCUT2D eigenvalue weighted by Gasteiger charge is 2.17. The number of para-hydroxylation sites is 2. The Morgan fingerprint density at radius 1 is 1.03 bits per heavy atom. The van der Waals surface area contributed by atoms with Crippen LogP contribution in [0.2, 0.25) is 0 Å². The van der Waals surface area contributed by atoms with E-state index in [9.17, 15) is 9.18 Å². The molecule has 3 aromatic carbocycles. The van der Waals surface area contributed by atoms with Gasteiger partial charge < -0.3 is 15.2 Å². The van der Waals surface area contributed by atoms with E-state index < -0.39 is 0 Å². The van der Waals surface area contributed by atoms with Crippen LogP contribution in [0.25, 0.3) is 11.0 Å². The molecule has 6 heteroatoms. The molecule has 0 aliphatic carbocycles. The molecular weight excluding hydrogens is 379 g/mol. The van der Waals surface area contributed by atoms with Gasteiger partial charge >= 0.3 is 6.03 Å². The molecule has 0 radical (unpaired) electrons. The molecule has 2 N–H and O–H groups in total. The molecule has 4 rings (SSSR count). The quantitative estimate of drug-likeness (QED) is 0.490. The predicted octanol–water partition coefficient (Wildman–Crippen LogP) is 4.72. The van der Waals surface area contributed by atoms with E-state index in [1.807, 2.05) is 60.0 Å². The van der Waals surface area contributed by atoms with Crippen molar-refractivity contribution in [2.45, 2.75) is 26.1 Å². The molecule has 0 spiro atoms. The second-order valence-corrected chi connectivity index (χ2v) is 7.30. The first-order chi connectivity index (χ1) is 14.6. The van der Waals surface area contributed by atoms with Crippen LogP contribution in [0.3, 0.4) is 0 Å². The van der Waals surface area contributed by atoms with Crippen molar-refractivity contribution >= 4 is 17.1 Å². The van der Waals surface area contributed by atoms with Gasteiger partial charge in [0, 0.05) is 13.1 Å². The zero-order chi connectivity index (χ0) is 20.9. The number of rotatable bonds is 6. The molecule has 0 saturated carbocycles. The average molecular weight is 402 g/mol. The van der Waals surface area contributed by atoms with Gasteiger partial charge in [-0.2, -0.15) is 0 Å². The molecule has 0 bridgehead atoms. The summed E-state index contributed by atoms with van der Waals surface area (Å²) in [6.07, 6.45) is 1.76. The van der Waals surface area contributed by atoms with Gasteiger partial charge in [0.1, 0.15) is 5.82 Å². The number of carbonyl (C=O) groups excluding carboxylic acids is 1. The first kappa shape index (κ1) is 19.6. The fraction of sp³-hybridized carbons (Fsp3) is 0.167. The number of fused-ring (bicyclic) bond motifs is 1. The van der Waals surface area contributed by atoms with Gasteiger partial charge in [0.2, 0.25) is 0 Å². The number of hydrogen-bond acceptors (Lipinski definition) is 2. The van der Waals surface area contributed by atoms with Crippen LogP contribution in [-0.2, 0) is 13.1 Å². The average Bonchev–Trinajstić information content (AvgIpc) is 3.16. The Balaban J connectivity index is 1.50. The topological polar surface area (TPSA) is 59.0 Å². The number of halogens is 1. The Morgan fingerprint density at radius 2 is 1.77 bits per heavy atom. The second kappa shape index (κ2) is 8.78. The van der Waals surface area contributed by atoms with E-state index in [0.29, 0.717) is 13.1 Å². The molecule has 1 unspecified atom stereocenters. The summed E-state index contributed by atoms with van der Waals surface area (Å²) in [6.45, 7) is 2.93. The number of nitrogens with zero attached hydrogens (tertiary/aromatic N) is 2. The van der Waals surface area contributed by atoms with Crippen molar-refractivity contribution in [2.24, 2.45) is 0 Å². The number of amides is 2. The zero-order valence-electron chi connectivity index (χ0n) is 16.7. The minimum Gasteiger partial charge on any atom is -0.334 e. The number of aromatic nitrogens is 2. The highest BCUT2D eigenvalue weighted by Crippen LogP contribution is 2.20. The highest BCUT2D eigenvalue weighted by atomic mass is 19.1. The number of benzene rings is 3. The summed E-state index contributed by atoms with van der Waals surface area (Å²) >= 11 is 0. The molecule has 152 valence electrons. The number of hydrogen-bond donors (Lipinski definition) is 2. The SMILES string of the molecule is Cc1ccc(CNC(=O)NC(Cn2cnc3ccccc32)c2ccc(F)cc2)cc1. The smallest absolute Gasteiger partial charge is 0.315 e. The monoisotopic (exact) mass is 402 g/mol. The minimum absolute atomic E-state index is 0.283. The van der Waals surface area contributed by atoms with Crippen LogP contribution < -0.4 is 10.6 Å². The van der Waals surface area contributed by atoms with E-state index in [0.717, 1.165) is 22.2 Å². The molecule has 30 heavy (non-hydrogen) atoms. The summed E-state index contributed by atoms with van der Waals surface area (Å²) in [5.74, 6) is -0.311. The second-order valence-electron chi connectivity index (χ2n) is 7.30. The van der Waals surface area contributed by atoms with Gasteiger partial charge in [-0.05, 0) is 42.3 Å². The Morgan fingerprint density at radius 3 is 2.53 bits per heavy atom. The Kier molecular flexibility index (Phi) is 5.75. The Hall–Kier alpha value is -3.67.